The summed E-state index contributed by atoms with van der Waals surface area (Å²) in [5, 5.41) is 3.32. The van der Waals surface area contributed by atoms with Gasteiger partial charge in [0.05, 0.1) is 11.1 Å². The quantitative estimate of drug-likeness (QED) is 0.748. The van der Waals surface area contributed by atoms with E-state index in [1.807, 2.05) is 0 Å². The maximum atomic E-state index is 12.4. The summed E-state index contributed by atoms with van der Waals surface area (Å²) in [5.41, 5.74) is 9.98. The number of nitrogens with two attached hydrogens (primary N) is 2. The van der Waals surface area contributed by atoms with Crippen LogP contribution in [-0.4, -0.2) is 10.1 Å². The van der Waals surface area contributed by atoms with Gasteiger partial charge in [-0.1, -0.05) is 0 Å². The first kappa shape index (κ1) is 11.2. The number of anilines is 2. The maximum Gasteiger partial charge on any atom is 0.416 e. The van der Waals surface area contributed by atoms with Crippen molar-refractivity contribution in [3.8, 4) is 11.5 Å². The van der Waals surface area contributed by atoms with Crippen molar-refractivity contribution in [1.82, 2.24) is 10.1 Å². The van der Waals surface area contributed by atoms with E-state index >= 15 is 0 Å². The topological polar surface area (TPSA) is 91.0 Å². The summed E-state index contributed by atoms with van der Waals surface area (Å²) in [6.45, 7) is 0. The Bertz CT molecular complexity index is 549. The predicted octanol–water partition coefficient (Wildman–Crippen LogP) is 1.92. The van der Waals surface area contributed by atoms with Crippen molar-refractivity contribution >= 4 is 11.6 Å². The lowest BCUT2D eigenvalue weighted by Gasteiger charge is -2.08. The van der Waals surface area contributed by atoms with E-state index in [1.54, 1.807) is 0 Å². The zero-order chi connectivity index (χ0) is 12.6. The fraction of sp³-hybridized carbons (Fsp3) is 0.111. The van der Waals surface area contributed by atoms with E-state index in [-0.39, 0.29) is 23.1 Å². The van der Waals surface area contributed by atoms with E-state index in [0.29, 0.717) is 0 Å². The number of rotatable bonds is 1. The van der Waals surface area contributed by atoms with Gasteiger partial charge in [0.15, 0.2) is 0 Å². The Balaban J connectivity index is 2.45. The highest BCUT2D eigenvalue weighted by Crippen LogP contribution is 2.34. The van der Waals surface area contributed by atoms with Gasteiger partial charge in [0.1, 0.15) is 0 Å². The predicted molar refractivity (Wildman–Crippen MR) is 53.6 cm³/mol. The van der Waals surface area contributed by atoms with Crippen LogP contribution in [0.5, 0.6) is 0 Å². The van der Waals surface area contributed by atoms with Crippen LogP contribution in [0.15, 0.2) is 22.7 Å². The molecule has 0 saturated heterocycles. The number of aromatic nitrogens is 2. The third kappa shape index (κ3) is 2.14. The van der Waals surface area contributed by atoms with Gasteiger partial charge in [-0.2, -0.15) is 18.2 Å². The van der Waals surface area contributed by atoms with Gasteiger partial charge in [0, 0.05) is 5.69 Å². The molecule has 1 aromatic carbocycles. The van der Waals surface area contributed by atoms with Crippen molar-refractivity contribution in [2.75, 3.05) is 11.5 Å². The Hall–Kier alpha value is -2.25. The smallest absolute Gasteiger partial charge is 0.398 e. The molecule has 4 N–H and O–H groups in total. The Kier molecular flexibility index (Phi) is 2.41. The molecule has 1 aromatic heterocycles. The van der Waals surface area contributed by atoms with Crippen molar-refractivity contribution in [3.05, 3.63) is 23.8 Å². The SMILES string of the molecule is Nc1noc(-c2ccc(C(F)(F)F)cc2N)n1. The van der Waals surface area contributed by atoms with Gasteiger partial charge in [0.2, 0.25) is 0 Å². The van der Waals surface area contributed by atoms with Crippen LogP contribution < -0.4 is 11.5 Å². The highest BCUT2D eigenvalue weighted by atomic mass is 19.4. The fourth-order valence-electron chi connectivity index (χ4n) is 1.28. The highest BCUT2D eigenvalue weighted by Gasteiger charge is 2.31. The first-order valence-corrected chi connectivity index (χ1v) is 4.44. The second-order valence-electron chi connectivity index (χ2n) is 3.26. The molecule has 2 rings (SSSR count). The first-order chi connectivity index (χ1) is 7.88. The van der Waals surface area contributed by atoms with Crippen LogP contribution in [0.25, 0.3) is 11.5 Å². The Labute approximate surface area is 93.2 Å². The average molecular weight is 244 g/mol. The molecule has 8 heteroatoms. The van der Waals surface area contributed by atoms with E-state index in [2.05, 4.69) is 10.1 Å². The molecule has 0 aliphatic heterocycles. The van der Waals surface area contributed by atoms with Crippen LogP contribution in [0.2, 0.25) is 0 Å². The molecule has 5 nitrogen and oxygen atoms in total. The molecule has 0 aliphatic rings. The molecule has 17 heavy (non-hydrogen) atoms. The molecular weight excluding hydrogens is 237 g/mol. The summed E-state index contributed by atoms with van der Waals surface area (Å²) in [6, 6.07) is 2.84. The first-order valence-electron chi connectivity index (χ1n) is 4.44. The van der Waals surface area contributed by atoms with E-state index < -0.39 is 11.7 Å². The molecular formula is C9H7F3N4O. The Morgan fingerprint density at radius 2 is 1.88 bits per heavy atom. The maximum absolute atomic E-state index is 12.4. The Morgan fingerprint density at radius 1 is 1.18 bits per heavy atom. The number of hydrogen-bond donors (Lipinski definition) is 2. The normalized spacial score (nSPS) is 11.7. The molecule has 0 bridgehead atoms. The minimum absolute atomic E-state index is 0.0197. The molecule has 0 amide bonds. The van der Waals surface area contributed by atoms with Crippen LogP contribution in [0, 0.1) is 0 Å². The van der Waals surface area contributed by atoms with E-state index in [9.17, 15) is 13.2 Å². The number of benzene rings is 1. The summed E-state index contributed by atoms with van der Waals surface area (Å²) in [5.74, 6) is -0.131. The number of alkyl halides is 3. The summed E-state index contributed by atoms with van der Waals surface area (Å²) in [6.07, 6.45) is -4.44. The molecule has 90 valence electrons. The fourth-order valence-corrected chi connectivity index (χ4v) is 1.28. The van der Waals surface area contributed by atoms with Crippen LogP contribution in [-0.2, 0) is 6.18 Å². The number of nitrogen functional groups attached to an aromatic ring is 2. The Morgan fingerprint density at radius 3 is 2.35 bits per heavy atom. The van der Waals surface area contributed by atoms with Crippen LogP contribution >= 0.6 is 0 Å². The largest absolute Gasteiger partial charge is 0.416 e. The van der Waals surface area contributed by atoms with E-state index in [4.69, 9.17) is 16.0 Å². The molecule has 1 heterocycles. The van der Waals surface area contributed by atoms with Crippen molar-refractivity contribution in [3.63, 3.8) is 0 Å². The van der Waals surface area contributed by atoms with Crippen LogP contribution in [0.3, 0.4) is 0 Å². The third-order valence-corrected chi connectivity index (χ3v) is 2.05. The minimum Gasteiger partial charge on any atom is -0.398 e. The monoisotopic (exact) mass is 244 g/mol. The summed E-state index contributed by atoms with van der Waals surface area (Å²) in [7, 11) is 0. The van der Waals surface area contributed by atoms with Gasteiger partial charge in [-0.25, -0.2) is 0 Å². The van der Waals surface area contributed by atoms with Gasteiger partial charge >= 0.3 is 6.18 Å². The summed E-state index contributed by atoms with van der Waals surface area (Å²) < 4.78 is 41.8. The molecule has 0 unspecified atom stereocenters. The van der Waals surface area contributed by atoms with Crippen molar-refractivity contribution in [2.24, 2.45) is 0 Å². The van der Waals surface area contributed by atoms with Gasteiger partial charge in [-0.3, -0.25) is 0 Å². The zero-order valence-electron chi connectivity index (χ0n) is 8.32. The zero-order valence-corrected chi connectivity index (χ0v) is 8.32. The molecule has 0 atom stereocenters. The van der Waals surface area contributed by atoms with Gasteiger partial charge < -0.3 is 16.0 Å². The average Bonchev–Trinajstić information content (AvgIpc) is 2.63. The second kappa shape index (κ2) is 3.65. The molecule has 0 saturated carbocycles. The lowest BCUT2D eigenvalue weighted by Crippen LogP contribution is -2.06. The van der Waals surface area contributed by atoms with Crippen molar-refractivity contribution in [1.29, 1.82) is 0 Å². The van der Waals surface area contributed by atoms with Gasteiger partial charge in [0.25, 0.3) is 11.8 Å². The molecule has 0 fully saturated rings. The van der Waals surface area contributed by atoms with Crippen molar-refractivity contribution < 1.29 is 17.7 Å². The van der Waals surface area contributed by atoms with Crippen LogP contribution in [0.4, 0.5) is 24.8 Å². The van der Waals surface area contributed by atoms with E-state index in [0.717, 1.165) is 18.2 Å². The summed E-state index contributed by atoms with van der Waals surface area (Å²) >= 11 is 0. The third-order valence-electron chi connectivity index (χ3n) is 2.05. The minimum atomic E-state index is -4.44. The molecule has 0 radical (unpaired) electrons. The lowest BCUT2D eigenvalue weighted by molar-refractivity contribution is -0.137. The second-order valence-corrected chi connectivity index (χ2v) is 3.26. The molecule has 0 aliphatic carbocycles. The highest BCUT2D eigenvalue weighted by molar-refractivity contribution is 5.71. The van der Waals surface area contributed by atoms with Gasteiger partial charge in [-0.05, 0) is 23.4 Å². The summed E-state index contributed by atoms with van der Waals surface area (Å²) in [4.78, 5) is 3.67. The lowest BCUT2D eigenvalue weighted by atomic mass is 10.1. The molecule has 2 aromatic rings. The number of halogens is 3. The number of hydrogen-bond acceptors (Lipinski definition) is 5. The van der Waals surface area contributed by atoms with Crippen LogP contribution in [0.1, 0.15) is 5.56 Å². The van der Waals surface area contributed by atoms with Gasteiger partial charge in [-0.15, -0.1) is 0 Å². The standard InChI is InChI=1S/C9H7F3N4O/c10-9(11,12)4-1-2-5(6(13)3-4)7-15-8(14)16-17-7/h1-3H,13H2,(H2,14,16). The van der Waals surface area contributed by atoms with E-state index in [1.165, 1.54) is 0 Å². The number of nitrogens with zero attached hydrogens (tertiary/aromatic N) is 2. The molecule has 0 spiro atoms. The van der Waals surface area contributed by atoms with Crippen molar-refractivity contribution in [2.45, 2.75) is 6.18 Å².